The van der Waals surface area contributed by atoms with Crippen LogP contribution in [0.3, 0.4) is 0 Å². The molecule has 1 aliphatic rings. The Hall–Kier alpha value is -4.40. The van der Waals surface area contributed by atoms with Gasteiger partial charge in [-0.1, -0.05) is 62.2 Å². The third-order valence-corrected chi connectivity index (χ3v) is 9.94. The van der Waals surface area contributed by atoms with Crippen LogP contribution < -0.4 is 15.4 Å². The smallest absolute Gasteiger partial charge is 0.344 e. The second kappa shape index (κ2) is 22.3. The van der Waals surface area contributed by atoms with E-state index in [0.717, 1.165) is 6.07 Å². The van der Waals surface area contributed by atoms with E-state index in [0.29, 0.717) is 33.0 Å². The van der Waals surface area contributed by atoms with E-state index >= 15 is 8.78 Å². The first-order valence-electron chi connectivity index (χ1n) is 18.8. The number of amides is 1. The average Bonchev–Trinajstić information content (AvgIpc) is 3.51. The highest BCUT2D eigenvalue weighted by atomic mass is 35.5. The normalized spacial score (nSPS) is 18.9. The van der Waals surface area contributed by atoms with Gasteiger partial charge in [-0.05, 0) is 53.8 Å². The van der Waals surface area contributed by atoms with Gasteiger partial charge in [-0.3, -0.25) is 4.79 Å². The summed E-state index contributed by atoms with van der Waals surface area (Å²) in [5.41, 5.74) is -2.32. The summed E-state index contributed by atoms with van der Waals surface area (Å²) in [6.07, 6.45) is 0.273. The maximum absolute atomic E-state index is 16.0. The van der Waals surface area contributed by atoms with Crippen LogP contribution in [0.4, 0.5) is 14.5 Å². The van der Waals surface area contributed by atoms with Crippen molar-refractivity contribution < 1.29 is 56.3 Å². The number of nitrogens with zero attached hydrogens (tertiary/aromatic N) is 1. The van der Waals surface area contributed by atoms with Gasteiger partial charge >= 0.3 is 11.9 Å². The van der Waals surface area contributed by atoms with Crippen LogP contribution in [-0.2, 0) is 43.4 Å². The maximum atomic E-state index is 16.0. The Labute approximate surface area is 352 Å². The molecular formula is C42H49Cl2F2N3O10. The zero-order valence-electron chi connectivity index (χ0n) is 33.5. The number of anilines is 1. The Morgan fingerprint density at radius 2 is 1.54 bits per heavy atom. The SMILES string of the molecule is COCCOCCOCCOCCOC(=O)COC(=O)c1ccc(NC(=O)[C@@H]2N[C@@H](CC(C)(C)C)[C@](C#N)(c3ccc(Cl)cc3F)[C@H]2c2cccc(Cl)c2F)c(OC)c1. The quantitative estimate of drug-likeness (QED) is 0.0869. The number of ether oxygens (including phenoxy) is 7. The van der Waals surface area contributed by atoms with Crippen molar-refractivity contribution in [2.45, 2.75) is 50.6 Å². The van der Waals surface area contributed by atoms with Crippen LogP contribution in [0, 0.1) is 28.4 Å². The van der Waals surface area contributed by atoms with Crippen molar-refractivity contribution in [2.24, 2.45) is 5.41 Å². The topological polar surface area (TPSA) is 164 Å². The second-order valence-electron chi connectivity index (χ2n) is 14.7. The van der Waals surface area contributed by atoms with Gasteiger partial charge in [0.25, 0.3) is 0 Å². The predicted molar refractivity (Wildman–Crippen MR) is 215 cm³/mol. The first-order valence-corrected chi connectivity index (χ1v) is 19.5. The number of benzene rings is 3. The summed E-state index contributed by atoms with van der Waals surface area (Å²) in [5, 5.41) is 17.0. The molecule has 4 rings (SSSR count). The van der Waals surface area contributed by atoms with Crippen molar-refractivity contribution in [3.05, 3.63) is 93.0 Å². The van der Waals surface area contributed by atoms with Crippen LogP contribution in [0.1, 0.15) is 54.6 Å². The number of halogens is 4. The number of hydrogen-bond donors (Lipinski definition) is 2. The molecule has 320 valence electrons. The Balaban J connectivity index is 1.46. The molecule has 1 aliphatic heterocycles. The van der Waals surface area contributed by atoms with Gasteiger partial charge in [0.15, 0.2) is 6.61 Å². The summed E-state index contributed by atoms with van der Waals surface area (Å²) in [7, 11) is 2.90. The Kier molecular flexibility index (Phi) is 17.8. The summed E-state index contributed by atoms with van der Waals surface area (Å²) in [6, 6.07) is 12.3. The molecule has 1 heterocycles. The third kappa shape index (κ3) is 12.6. The molecule has 0 saturated carbocycles. The van der Waals surface area contributed by atoms with E-state index in [2.05, 4.69) is 16.7 Å². The maximum Gasteiger partial charge on any atom is 0.344 e. The molecule has 0 aliphatic carbocycles. The molecule has 0 aromatic heterocycles. The molecule has 0 unspecified atom stereocenters. The number of nitriles is 1. The lowest BCUT2D eigenvalue weighted by atomic mass is 9.62. The van der Waals surface area contributed by atoms with E-state index in [-0.39, 0.29) is 64.4 Å². The number of esters is 2. The highest BCUT2D eigenvalue weighted by Crippen LogP contribution is 2.53. The molecule has 0 spiro atoms. The van der Waals surface area contributed by atoms with Gasteiger partial charge in [0.2, 0.25) is 5.91 Å². The highest BCUT2D eigenvalue weighted by molar-refractivity contribution is 6.31. The highest BCUT2D eigenvalue weighted by Gasteiger charge is 2.61. The Morgan fingerprint density at radius 3 is 2.15 bits per heavy atom. The second-order valence-corrected chi connectivity index (χ2v) is 15.6. The molecule has 13 nitrogen and oxygen atoms in total. The van der Waals surface area contributed by atoms with Gasteiger partial charge in [0.1, 0.15) is 29.4 Å². The van der Waals surface area contributed by atoms with Crippen molar-refractivity contribution in [3.63, 3.8) is 0 Å². The fraction of sp³-hybridized carbons (Fsp3) is 0.476. The first kappa shape index (κ1) is 47.3. The molecule has 1 fully saturated rings. The zero-order chi connectivity index (χ0) is 43.2. The van der Waals surface area contributed by atoms with E-state index in [1.807, 2.05) is 20.8 Å². The van der Waals surface area contributed by atoms with Gasteiger partial charge in [-0.15, -0.1) is 0 Å². The van der Waals surface area contributed by atoms with E-state index in [1.54, 1.807) is 7.11 Å². The minimum Gasteiger partial charge on any atom is -0.495 e. The van der Waals surface area contributed by atoms with Crippen LogP contribution in [0.5, 0.6) is 5.75 Å². The van der Waals surface area contributed by atoms with Gasteiger partial charge in [0.05, 0.1) is 81.7 Å². The lowest BCUT2D eigenvalue weighted by Gasteiger charge is -2.37. The number of nitrogens with one attached hydrogen (secondary N) is 2. The number of carbonyl (C=O) groups excluding carboxylic acids is 3. The zero-order valence-corrected chi connectivity index (χ0v) is 35.1. The summed E-state index contributed by atoms with van der Waals surface area (Å²) in [6.45, 7) is 7.58. The molecule has 2 N–H and O–H groups in total. The first-order chi connectivity index (χ1) is 28.2. The summed E-state index contributed by atoms with van der Waals surface area (Å²) in [4.78, 5) is 39.5. The average molecular weight is 865 g/mol. The van der Waals surface area contributed by atoms with Crippen molar-refractivity contribution in [2.75, 3.05) is 79.0 Å². The van der Waals surface area contributed by atoms with Gasteiger partial charge in [-0.25, -0.2) is 18.4 Å². The predicted octanol–water partition coefficient (Wildman–Crippen LogP) is 6.64. The molecule has 3 aromatic carbocycles. The lowest BCUT2D eigenvalue weighted by Crippen LogP contribution is -2.45. The molecule has 4 atom stereocenters. The largest absolute Gasteiger partial charge is 0.495 e. The number of hydrogen-bond acceptors (Lipinski definition) is 12. The molecular weight excluding hydrogens is 815 g/mol. The Bertz CT molecular complexity index is 1960. The number of carbonyl (C=O) groups is 3. The van der Waals surface area contributed by atoms with Crippen molar-refractivity contribution >= 4 is 46.7 Å². The summed E-state index contributed by atoms with van der Waals surface area (Å²) >= 11 is 12.4. The fourth-order valence-corrected chi connectivity index (χ4v) is 7.18. The number of rotatable bonds is 21. The molecule has 0 radical (unpaired) electrons. The minimum atomic E-state index is -1.84. The Morgan fingerprint density at radius 1 is 0.881 bits per heavy atom. The van der Waals surface area contributed by atoms with Crippen LogP contribution >= 0.6 is 23.2 Å². The molecule has 1 amide bonds. The molecule has 59 heavy (non-hydrogen) atoms. The molecule has 1 saturated heterocycles. The van der Waals surface area contributed by atoms with E-state index in [1.165, 1.54) is 55.6 Å². The van der Waals surface area contributed by atoms with Crippen LogP contribution in [0.15, 0.2) is 54.6 Å². The van der Waals surface area contributed by atoms with Crippen LogP contribution in [0.25, 0.3) is 0 Å². The molecule has 3 aromatic rings. The molecule has 17 heteroatoms. The number of methoxy groups -OCH3 is 2. The van der Waals surface area contributed by atoms with Crippen LogP contribution in [-0.4, -0.2) is 104 Å². The van der Waals surface area contributed by atoms with E-state index in [4.69, 9.17) is 56.4 Å². The standard InChI is InChI=1S/C42H49Cl2F2N3O10/c1-41(2,3)23-34-42(25-47,29-11-10-27(43)22-31(29)45)36(28-7-6-8-30(44)37(28)46)38(49-34)39(51)48-32-12-9-26(21-33(32)54-5)40(52)59-24-35(50)58-20-19-57-18-17-56-16-15-55-14-13-53-4/h6-12,21-22,34,36,38,49H,13-20,23-24H2,1-5H3,(H,48,51)/t34-,36-,38+,42-/m0/s1. The summed E-state index contributed by atoms with van der Waals surface area (Å²) < 4.78 is 68.5. The van der Waals surface area contributed by atoms with E-state index in [9.17, 15) is 19.6 Å². The van der Waals surface area contributed by atoms with Gasteiger partial charge in [-0.2, -0.15) is 5.26 Å². The summed E-state index contributed by atoms with van der Waals surface area (Å²) in [5.74, 6) is -5.31. The van der Waals surface area contributed by atoms with Gasteiger partial charge < -0.3 is 43.8 Å². The van der Waals surface area contributed by atoms with E-state index < -0.39 is 64.9 Å². The van der Waals surface area contributed by atoms with Crippen LogP contribution in [0.2, 0.25) is 10.0 Å². The van der Waals surface area contributed by atoms with Crippen molar-refractivity contribution in [1.82, 2.24) is 5.32 Å². The third-order valence-electron chi connectivity index (χ3n) is 9.41. The fourth-order valence-electron chi connectivity index (χ4n) is 6.84. The molecule has 0 bridgehead atoms. The lowest BCUT2D eigenvalue weighted by molar-refractivity contribution is -0.148. The van der Waals surface area contributed by atoms with Crippen molar-refractivity contribution in [1.29, 1.82) is 5.26 Å². The minimum absolute atomic E-state index is 0.00935. The van der Waals surface area contributed by atoms with Crippen molar-refractivity contribution in [3.8, 4) is 11.8 Å². The van der Waals surface area contributed by atoms with Gasteiger partial charge in [0, 0.05) is 29.7 Å². The monoisotopic (exact) mass is 863 g/mol.